The van der Waals surface area contributed by atoms with Gasteiger partial charge in [0.05, 0.1) is 5.25 Å². The quantitative estimate of drug-likeness (QED) is 0.767. The zero-order chi connectivity index (χ0) is 19.3. The van der Waals surface area contributed by atoms with Gasteiger partial charge >= 0.3 is 0 Å². The van der Waals surface area contributed by atoms with E-state index in [4.69, 9.17) is 0 Å². The summed E-state index contributed by atoms with van der Waals surface area (Å²) in [5.41, 5.74) is 2.09. The van der Waals surface area contributed by atoms with Gasteiger partial charge < -0.3 is 14.8 Å². The van der Waals surface area contributed by atoms with Crippen LogP contribution in [0, 0.1) is 0 Å². The molecule has 1 aromatic carbocycles. The molecule has 1 saturated heterocycles. The number of fused-ring (bicyclic) bond motifs is 1. The standard InChI is InChI=1S/C21H29N5OS/c1-16(28-21-24-23-19-8-4-2-7-15-26(19)21)20(27)22-17-9-11-18(12-10-17)25-13-5-3-6-14-25/h9-12,16H,2-8,13-15H2,1H3,(H,22,27)/t16-/m1/s1. The van der Waals surface area contributed by atoms with E-state index in [1.54, 1.807) is 0 Å². The van der Waals surface area contributed by atoms with Crippen molar-refractivity contribution in [3.63, 3.8) is 0 Å². The zero-order valence-corrected chi connectivity index (χ0v) is 17.4. The lowest BCUT2D eigenvalue weighted by Crippen LogP contribution is -2.29. The molecule has 4 rings (SSSR count). The summed E-state index contributed by atoms with van der Waals surface area (Å²) in [4.78, 5) is 15.1. The topological polar surface area (TPSA) is 63.1 Å². The van der Waals surface area contributed by atoms with Gasteiger partial charge in [0.25, 0.3) is 0 Å². The van der Waals surface area contributed by atoms with Crippen LogP contribution >= 0.6 is 11.8 Å². The number of nitrogens with zero attached hydrogens (tertiary/aromatic N) is 4. The third-order valence-electron chi connectivity index (χ3n) is 5.58. The first kappa shape index (κ1) is 19.3. The smallest absolute Gasteiger partial charge is 0.237 e. The van der Waals surface area contributed by atoms with Gasteiger partial charge in [-0.25, -0.2) is 0 Å². The molecule has 0 saturated carbocycles. The largest absolute Gasteiger partial charge is 0.372 e. The summed E-state index contributed by atoms with van der Waals surface area (Å²) in [6.45, 7) is 5.14. The Bertz CT molecular complexity index is 798. The molecule has 0 radical (unpaired) electrons. The molecule has 1 N–H and O–H groups in total. The predicted octanol–water partition coefficient (Wildman–Crippen LogP) is 4.11. The molecule has 0 bridgehead atoms. The van der Waals surface area contributed by atoms with Crippen LogP contribution in [0.25, 0.3) is 0 Å². The van der Waals surface area contributed by atoms with Gasteiger partial charge in [0, 0.05) is 37.4 Å². The predicted molar refractivity (Wildman–Crippen MR) is 114 cm³/mol. The fraction of sp³-hybridized carbons (Fsp3) is 0.571. The Hall–Kier alpha value is -2.02. The van der Waals surface area contributed by atoms with Gasteiger partial charge in [-0.15, -0.1) is 10.2 Å². The third-order valence-corrected chi connectivity index (χ3v) is 6.66. The molecule has 2 aliphatic rings. The number of anilines is 2. The molecule has 0 aliphatic carbocycles. The maximum absolute atomic E-state index is 12.7. The summed E-state index contributed by atoms with van der Waals surface area (Å²) in [6.07, 6.45) is 8.40. The van der Waals surface area contributed by atoms with E-state index in [-0.39, 0.29) is 11.2 Å². The van der Waals surface area contributed by atoms with Gasteiger partial charge in [-0.2, -0.15) is 0 Å². The molecular weight excluding hydrogens is 370 g/mol. The van der Waals surface area contributed by atoms with Gasteiger partial charge in [-0.3, -0.25) is 4.79 Å². The number of carbonyl (C=O) groups is 1. The van der Waals surface area contributed by atoms with Crippen molar-refractivity contribution in [1.82, 2.24) is 14.8 Å². The van der Waals surface area contributed by atoms with Crippen molar-refractivity contribution in [2.75, 3.05) is 23.3 Å². The van der Waals surface area contributed by atoms with Gasteiger partial charge in [0.15, 0.2) is 5.16 Å². The maximum atomic E-state index is 12.7. The molecule has 0 unspecified atom stereocenters. The van der Waals surface area contributed by atoms with E-state index < -0.39 is 0 Å². The highest BCUT2D eigenvalue weighted by atomic mass is 32.2. The van der Waals surface area contributed by atoms with E-state index in [0.29, 0.717) is 0 Å². The minimum atomic E-state index is -0.224. The van der Waals surface area contributed by atoms with E-state index in [1.807, 2.05) is 19.1 Å². The summed E-state index contributed by atoms with van der Waals surface area (Å²) in [6, 6.07) is 8.22. The number of aromatic nitrogens is 3. The first-order chi connectivity index (χ1) is 13.7. The van der Waals surface area contributed by atoms with Crippen molar-refractivity contribution < 1.29 is 4.79 Å². The molecule has 1 atom stereocenters. The lowest BCUT2D eigenvalue weighted by Gasteiger charge is -2.28. The number of carbonyl (C=O) groups excluding carboxylic acids is 1. The van der Waals surface area contributed by atoms with E-state index in [2.05, 4.69) is 37.1 Å². The molecular formula is C21H29N5OS. The second kappa shape index (κ2) is 8.99. The van der Waals surface area contributed by atoms with E-state index >= 15 is 0 Å². The molecule has 7 heteroatoms. The second-order valence-corrected chi connectivity index (χ2v) is 9.01. The van der Waals surface area contributed by atoms with Crippen molar-refractivity contribution in [1.29, 1.82) is 0 Å². The van der Waals surface area contributed by atoms with Crippen molar-refractivity contribution in [3.05, 3.63) is 30.1 Å². The highest BCUT2D eigenvalue weighted by Crippen LogP contribution is 2.27. The average molecular weight is 400 g/mol. The molecule has 3 heterocycles. The molecule has 6 nitrogen and oxygen atoms in total. The normalized spacial score (nSPS) is 18.2. The zero-order valence-electron chi connectivity index (χ0n) is 16.6. The Labute approximate surface area is 171 Å². The number of aryl methyl sites for hydroxylation is 1. The molecule has 1 fully saturated rings. The summed E-state index contributed by atoms with van der Waals surface area (Å²) in [5, 5.41) is 12.3. The number of amides is 1. The lowest BCUT2D eigenvalue weighted by atomic mass is 10.1. The number of thioether (sulfide) groups is 1. The van der Waals surface area contributed by atoms with Crippen LogP contribution in [0.3, 0.4) is 0 Å². The van der Waals surface area contributed by atoms with Crippen LogP contribution in [0.15, 0.2) is 29.4 Å². The van der Waals surface area contributed by atoms with Crippen LogP contribution in [0.1, 0.15) is 51.3 Å². The third kappa shape index (κ3) is 4.51. The molecule has 1 amide bonds. The van der Waals surface area contributed by atoms with Crippen molar-refractivity contribution in [2.45, 2.75) is 68.8 Å². The number of hydrogen-bond donors (Lipinski definition) is 1. The summed E-state index contributed by atoms with van der Waals surface area (Å²) in [5.74, 6) is 1.06. The first-order valence-corrected chi connectivity index (χ1v) is 11.3. The highest BCUT2D eigenvalue weighted by Gasteiger charge is 2.21. The molecule has 28 heavy (non-hydrogen) atoms. The van der Waals surface area contributed by atoms with Gasteiger partial charge in [0.1, 0.15) is 5.82 Å². The minimum Gasteiger partial charge on any atom is -0.372 e. The van der Waals surface area contributed by atoms with E-state index in [1.165, 1.54) is 49.6 Å². The SMILES string of the molecule is C[C@@H](Sc1nnc2n1CCCCC2)C(=O)Nc1ccc(N2CCCCC2)cc1. The van der Waals surface area contributed by atoms with Crippen molar-refractivity contribution >= 4 is 29.0 Å². The van der Waals surface area contributed by atoms with Crippen LogP contribution in [0.5, 0.6) is 0 Å². The number of hydrogen-bond acceptors (Lipinski definition) is 5. The Morgan fingerprint density at radius 2 is 1.71 bits per heavy atom. The van der Waals surface area contributed by atoms with Crippen molar-refractivity contribution in [3.8, 4) is 0 Å². The van der Waals surface area contributed by atoms with Crippen LogP contribution in [-0.4, -0.2) is 39.0 Å². The summed E-state index contributed by atoms with van der Waals surface area (Å²) in [7, 11) is 0. The van der Waals surface area contributed by atoms with Crippen LogP contribution in [-0.2, 0) is 17.8 Å². The van der Waals surface area contributed by atoms with Gasteiger partial charge in [-0.1, -0.05) is 18.2 Å². The number of rotatable bonds is 5. The second-order valence-electron chi connectivity index (χ2n) is 7.71. The molecule has 2 aliphatic heterocycles. The molecule has 150 valence electrons. The van der Waals surface area contributed by atoms with Crippen LogP contribution < -0.4 is 10.2 Å². The number of nitrogens with one attached hydrogen (secondary N) is 1. The highest BCUT2D eigenvalue weighted by molar-refractivity contribution is 8.00. The van der Waals surface area contributed by atoms with Crippen LogP contribution in [0.4, 0.5) is 11.4 Å². The first-order valence-electron chi connectivity index (χ1n) is 10.5. The van der Waals surface area contributed by atoms with Crippen LogP contribution in [0.2, 0.25) is 0 Å². The van der Waals surface area contributed by atoms with E-state index in [0.717, 1.165) is 49.1 Å². The number of benzene rings is 1. The summed E-state index contributed by atoms with van der Waals surface area (Å²) < 4.78 is 2.19. The Morgan fingerprint density at radius 3 is 2.50 bits per heavy atom. The molecule has 0 spiro atoms. The lowest BCUT2D eigenvalue weighted by molar-refractivity contribution is -0.115. The minimum absolute atomic E-state index is 0.00157. The Morgan fingerprint density at radius 1 is 1.00 bits per heavy atom. The van der Waals surface area contributed by atoms with E-state index in [9.17, 15) is 4.79 Å². The van der Waals surface area contributed by atoms with Crippen molar-refractivity contribution in [2.24, 2.45) is 0 Å². The fourth-order valence-corrected chi connectivity index (χ4v) is 4.80. The van der Waals surface area contributed by atoms with Gasteiger partial charge in [0.2, 0.25) is 5.91 Å². The number of piperidine rings is 1. The fourth-order valence-electron chi connectivity index (χ4n) is 3.91. The van der Waals surface area contributed by atoms with Gasteiger partial charge in [-0.05, 0) is 63.3 Å². The maximum Gasteiger partial charge on any atom is 0.237 e. The molecule has 1 aromatic heterocycles. The Kier molecular flexibility index (Phi) is 6.20. The molecule has 2 aromatic rings. The average Bonchev–Trinajstić information content (AvgIpc) is 2.95. The summed E-state index contributed by atoms with van der Waals surface area (Å²) >= 11 is 1.50. The Balaban J connectivity index is 1.35. The monoisotopic (exact) mass is 399 g/mol.